The van der Waals surface area contributed by atoms with E-state index in [1.807, 2.05) is 17.9 Å². The van der Waals surface area contributed by atoms with E-state index in [-0.39, 0.29) is 69.4 Å². The van der Waals surface area contributed by atoms with Gasteiger partial charge in [0.05, 0.1) is 56.1 Å². The lowest BCUT2D eigenvalue weighted by Gasteiger charge is -2.30. The fourth-order valence-corrected chi connectivity index (χ4v) is 9.53. The molecule has 352 valence electrons. The van der Waals surface area contributed by atoms with E-state index < -0.39 is 103 Å². The van der Waals surface area contributed by atoms with E-state index in [2.05, 4.69) is 0 Å². The Morgan fingerprint density at radius 2 is 1.40 bits per heavy atom. The van der Waals surface area contributed by atoms with Gasteiger partial charge in [-0.25, -0.2) is 18.0 Å². The van der Waals surface area contributed by atoms with Gasteiger partial charge >= 0.3 is 22.5 Å². The summed E-state index contributed by atoms with van der Waals surface area (Å²) in [6.07, 6.45) is 4.77. The van der Waals surface area contributed by atoms with Crippen LogP contribution in [0, 0.1) is 0 Å². The number of anilines is 1. The molecular formula is C37H50N2O19S5. The van der Waals surface area contributed by atoms with Gasteiger partial charge in [0.2, 0.25) is 5.69 Å². The third kappa shape index (κ3) is 15.7. The maximum absolute atomic E-state index is 13.5. The van der Waals surface area contributed by atoms with Crippen LogP contribution in [0.1, 0.15) is 92.1 Å². The van der Waals surface area contributed by atoms with Gasteiger partial charge in [-0.2, -0.15) is 29.8 Å². The number of carbonyl (C=O) groups is 2. The Labute approximate surface area is 368 Å². The summed E-state index contributed by atoms with van der Waals surface area (Å²) in [7, 11) is -20.8. The van der Waals surface area contributed by atoms with Crippen molar-refractivity contribution in [1.29, 1.82) is 0 Å². The number of hydrogen-bond acceptors (Lipinski definition) is 16. The van der Waals surface area contributed by atoms with E-state index in [0.29, 0.717) is 22.7 Å². The number of aromatic carboxylic acids is 1. The van der Waals surface area contributed by atoms with Crippen LogP contribution in [0.2, 0.25) is 0 Å². The number of rotatable bonds is 20. The zero-order valence-corrected chi connectivity index (χ0v) is 37.6. The molecule has 2 aromatic carbocycles. The molecule has 63 heavy (non-hydrogen) atoms. The van der Waals surface area contributed by atoms with Crippen molar-refractivity contribution in [1.82, 2.24) is 0 Å². The average molecular weight is 987 g/mol. The van der Waals surface area contributed by atoms with Crippen LogP contribution in [-0.2, 0) is 66.6 Å². The van der Waals surface area contributed by atoms with Crippen molar-refractivity contribution in [2.45, 2.75) is 71.1 Å². The first-order chi connectivity index (χ1) is 28.4. The molecule has 4 rings (SSSR count). The number of hydrogen-bond donors (Lipinski definition) is 4. The highest BCUT2D eigenvalue weighted by molar-refractivity contribution is 7.86. The SMILES string of the molecule is C.CC1(C)C(C=CC=C2N(CCCS(=O)(=O)[O-])c3ccccc3C2(C)CCCS(=O)(=O)O)=[N+](CCCS(=O)(=O)O)c2cc(C(=O)O)cc(C(=O)OCCCS(=O)(=O)O)c21.O=S(=O)=O. The molecule has 0 saturated heterocycles. The third-order valence-electron chi connectivity index (χ3n) is 10.0. The summed E-state index contributed by atoms with van der Waals surface area (Å²) >= 11 is 0. The fourth-order valence-electron chi connectivity index (χ4n) is 7.56. The molecule has 2 aliphatic rings. The zero-order valence-electron chi connectivity index (χ0n) is 33.5. The van der Waals surface area contributed by atoms with Crippen LogP contribution in [0.25, 0.3) is 0 Å². The van der Waals surface area contributed by atoms with Gasteiger partial charge in [-0.3, -0.25) is 13.7 Å². The Morgan fingerprint density at radius 1 is 0.841 bits per heavy atom. The maximum atomic E-state index is 13.5. The molecule has 0 bridgehead atoms. The number of carbonyl (C=O) groups excluding carboxylic acids is 1. The number of nitrogens with zero attached hydrogens (tertiary/aromatic N) is 2. The van der Waals surface area contributed by atoms with Crippen molar-refractivity contribution in [3.63, 3.8) is 0 Å². The summed E-state index contributed by atoms with van der Waals surface area (Å²) in [4.78, 5) is 27.7. The van der Waals surface area contributed by atoms with Crippen LogP contribution in [0.4, 0.5) is 11.4 Å². The number of allylic oxidation sites excluding steroid dienone is 4. The van der Waals surface area contributed by atoms with E-state index in [4.69, 9.17) is 21.9 Å². The van der Waals surface area contributed by atoms with Gasteiger partial charge in [-0.15, -0.1) is 12.6 Å². The molecule has 2 aliphatic heterocycles. The first-order valence-corrected chi connectivity index (χ1v) is 25.8. The van der Waals surface area contributed by atoms with Crippen LogP contribution < -0.4 is 4.90 Å². The molecule has 1 atom stereocenters. The lowest BCUT2D eigenvalue weighted by Crippen LogP contribution is -2.31. The molecule has 4 N–H and O–H groups in total. The average Bonchev–Trinajstić information content (AvgIpc) is 3.47. The molecule has 0 saturated carbocycles. The number of carboxylic acids is 1. The number of fused-ring (bicyclic) bond motifs is 2. The van der Waals surface area contributed by atoms with Crippen molar-refractivity contribution < 1.29 is 88.5 Å². The molecule has 21 nitrogen and oxygen atoms in total. The van der Waals surface area contributed by atoms with Gasteiger partial charge in [-0.05, 0) is 70.2 Å². The second-order valence-electron chi connectivity index (χ2n) is 14.9. The Balaban J connectivity index is 0.00000261. The summed E-state index contributed by atoms with van der Waals surface area (Å²) in [5.41, 5.74) is 0.417. The highest BCUT2D eigenvalue weighted by Gasteiger charge is 2.48. The topological polar surface area (TPSA) is 341 Å². The summed E-state index contributed by atoms with van der Waals surface area (Å²) in [5.74, 6) is -4.94. The molecule has 1 unspecified atom stereocenters. The van der Waals surface area contributed by atoms with Crippen molar-refractivity contribution in [3.8, 4) is 0 Å². The van der Waals surface area contributed by atoms with Gasteiger partial charge in [0.15, 0.2) is 5.71 Å². The third-order valence-corrected chi connectivity index (χ3v) is 13.2. The van der Waals surface area contributed by atoms with E-state index in [9.17, 15) is 62.0 Å². The van der Waals surface area contributed by atoms with Crippen LogP contribution in [0.3, 0.4) is 0 Å². The molecule has 0 aromatic heterocycles. The highest BCUT2D eigenvalue weighted by Crippen LogP contribution is 2.51. The van der Waals surface area contributed by atoms with Crippen LogP contribution in [-0.4, -0.2) is 135 Å². The smallest absolute Gasteiger partial charge is 0.425 e. The number of esters is 1. The number of para-hydroxylation sites is 1. The predicted octanol–water partition coefficient (Wildman–Crippen LogP) is 2.93. The highest BCUT2D eigenvalue weighted by atomic mass is 32.2. The van der Waals surface area contributed by atoms with Gasteiger partial charge in [0, 0.05) is 47.7 Å². The summed E-state index contributed by atoms with van der Waals surface area (Å²) in [5, 5.41) is 10.0. The molecule has 2 aromatic rings. The van der Waals surface area contributed by atoms with Crippen molar-refractivity contribution in [3.05, 3.63) is 82.6 Å². The molecule has 0 aliphatic carbocycles. The first kappa shape index (κ1) is 54.7. The second kappa shape index (κ2) is 21.5. The van der Waals surface area contributed by atoms with Crippen LogP contribution in [0.5, 0.6) is 0 Å². The van der Waals surface area contributed by atoms with Crippen molar-refractivity contribution >= 4 is 80.1 Å². The van der Waals surface area contributed by atoms with Gasteiger partial charge in [0.1, 0.15) is 6.54 Å². The van der Waals surface area contributed by atoms with E-state index in [0.717, 1.165) is 11.6 Å². The molecule has 0 radical (unpaired) electrons. The van der Waals surface area contributed by atoms with Crippen molar-refractivity contribution in [2.24, 2.45) is 0 Å². The van der Waals surface area contributed by atoms with Crippen LogP contribution >= 0.6 is 0 Å². The number of carboxylic acid groups (broad SMARTS) is 1. The monoisotopic (exact) mass is 986 g/mol. The fraction of sp³-hybridized carbons (Fsp3) is 0.486. The van der Waals surface area contributed by atoms with Gasteiger partial charge in [0.25, 0.3) is 30.4 Å². The summed E-state index contributed by atoms with van der Waals surface area (Å²) < 4.78 is 164. The molecule has 0 fully saturated rings. The van der Waals surface area contributed by atoms with E-state index >= 15 is 0 Å². The Hall–Kier alpha value is -4.41. The predicted molar refractivity (Wildman–Crippen MR) is 228 cm³/mol. The normalized spacial score (nSPS) is 17.8. The van der Waals surface area contributed by atoms with Crippen molar-refractivity contribution in [2.75, 3.05) is 47.6 Å². The maximum Gasteiger partial charge on any atom is 0.425 e. The molecule has 2 heterocycles. The minimum atomic E-state index is -4.56. The van der Waals surface area contributed by atoms with Gasteiger partial charge < -0.3 is 19.3 Å². The summed E-state index contributed by atoms with van der Waals surface area (Å²) in [6, 6.07) is 9.56. The standard InChI is InChI=1S/C36H46N2O16S4.CH4.O3S/c1-35(2)30(13-6-14-31-36(3,15-7-19-55(42,43)44)27-11-4-5-12-28(27)37(31)16-8-20-56(45,46)47)38(17-9-21-57(48,49)50)29-24-25(33(39)40)23-26(32(29)35)34(41)54-18-10-22-58(51,52)53;;1-4(2)3/h4-6,11-14,23-24H,7-10,15-22H2,1-3H3,(H4-,39,40,42,43,44,45,46,47,48,49,50,51,52,53);1H4;. The van der Waals surface area contributed by atoms with E-state index in [1.54, 1.807) is 54.9 Å². The zero-order chi connectivity index (χ0) is 47.1. The molecule has 0 spiro atoms. The summed E-state index contributed by atoms with van der Waals surface area (Å²) in [6.45, 7) is 4.85. The Morgan fingerprint density at radius 3 is 1.95 bits per heavy atom. The number of ether oxygens (including phenoxy) is 1. The molecular weight excluding hydrogens is 937 g/mol. The molecule has 26 heteroatoms. The number of benzene rings is 2. The minimum Gasteiger partial charge on any atom is -0.748 e. The lowest BCUT2D eigenvalue weighted by molar-refractivity contribution is -0.437. The first-order valence-electron chi connectivity index (χ1n) is 18.4. The Bertz CT molecular complexity index is 2720. The molecule has 0 amide bonds. The largest absolute Gasteiger partial charge is 0.748 e. The van der Waals surface area contributed by atoms with E-state index in [1.165, 1.54) is 6.07 Å². The van der Waals surface area contributed by atoms with Gasteiger partial charge in [-0.1, -0.05) is 31.7 Å². The Kier molecular flexibility index (Phi) is 18.7. The quantitative estimate of drug-likeness (QED) is 0.0641. The second-order valence-corrected chi connectivity index (χ2v) is 21.6. The minimum absolute atomic E-state index is 0. The van der Waals surface area contributed by atoms with Crippen LogP contribution in [0.15, 0.2) is 60.3 Å². The lowest BCUT2D eigenvalue weighted by atomic mass is 9.77.